The van der Waals surface area contributed by atoms with Gasteiger partial charge in [-0.25, -0.2) is 0 Å². The molecule has 0 aromatic carbocycles. The molecule has 0 aliphatic heterocycles. The van der Waals surface area contributed by atoms with E-state index in [0.29, 0.717) is 18.3 Å². The Hall–Kier alpha value is -0.370. The zero-order chi connectivity index (χ0) is 10.2. The highest BCUT2D eigenvalue weighted by molar-refractivity contribution is 5.84. The summed E-state index contributed by atoms with van der Waals surface area (Å²) >= 11 is 0. The number of carbonyl (C=O) groups is 1. The van der Waals surface area contributed by atoms with Crippen LogP contribution < -0.4 is 0 Å². The van der Waals surface area contributed by atoms with E-state index >= 15 is 0 Å². The summed E-state index contributed by atoms with van der Waals surface area (Å²) in [6, 6.07) is 0. The Morgan fingerprint density at radius 1 is 1.23 bits per heavy atom. The third-order valence-electron chi connectivity index (χ3n) is 3.13. The second-order valence-corrected chi connectivity index (χ2v) is 4.83. The number of carbonyl (C=O) groups excluding carboxylic acids is 1. The minimum Gasteiger partial charge on any atom is -0.392 e. The van der Waals surface area contributed by atoms with E-state index in [1.165, 1.54) is 0 Å². The molecule has 0 spiro atoms. The summed E-state index contributed by atoms with van der Waals surface area (Å²) in [5, 5.41) is 9.73. The van der Waals surface area contributed by atoms with Crippen molar-refractivity contribution < 1.29 is 9.90 Å². The Bertz CT molecular complexity index is 196. The lowest BCUT2D eigenvalue weighted by Crippen LogP contribution is -2.29. The number of hydrogen-bond donors (Lipinski definition) is 1. The van der Waals surface area contributed by atoms with Crippen molar-refractivity contribution in [2.75, 3.05) is 0 Å². The van der Waals surface area contributed by atoms with Crippen molar-refractivity contribution in [1.29, 1.82) is 0 Å². The van der Waals surface area contributed by atoms with Crippen LogP contribution in [0.15, 0.2) is 0 Å². The molecule has 0 bridgehead atoms. The number of ketones is 1. The zero-order valence-electron chi connectivity index (χ0n) is 8.95. The van der Waals surface area contributed by atoms with Crippen molar-refractivity contribution in [1.82, 2.24) is 0 Å². The largest absolute Gasteiger partial charge is 0.392 e. The molecule has 1 aliphatic carbocycles. The molecule has 3 atom stereocenters. The number of hydrogen-bond acceptors (Lipinski definition) is 2. The van der Waals surface area contributed by atoms with Crippen molar-refractivity contribution >= 4 is 5.78 Å². The monoisotopic (exact) mass is 184 g/mol. The smallest absolute Gasteiger partial charge is 0.139 e. The van der Waals surface area contributed by atoms with Gasteiger partial charge in [0.1, 0.15) is 5.78 Å². The lowest BCUT2D eigenvalue weighted by Gasteiger charge is -2.26. The molecule has 2 nitrogen and oxygen atoms in total. The van der Waals surface area contributed by atoms with Gasteiger partial charge in [-0.1, -0.05) is 27.7 Å². The van der Waals surface area contributed by atoms with E-state index in [9.17, 15) is 9.90 Å². The number of Topliss-reactive ketones (excluding diaryl/α,β-unsaturated/α-hetero) is 1. The SMILES string of the molecule is CC(C)[C@H]1[C@H](O)CC(=O)[C@@H]1C(C)C. The molecule has 0 aromatic rings. The first kappa shape index (κ1) is 10.7. The van der Waals surface area contributed by atoms with Crippen LogP contribution in [0.1, 0.15) is 34.1 Å². The first-order chi connectivity index (χ1) is 5.95. The lowest BCUT2D eigenvalue weighted by atomic mass is 9.78. The van der Waals surface area contributed by atoms with Crippen molar-refractivity contribution in [2.24, 2.45) is 23.7 Å². The average Bonchev–Trinajstić information content (AvgIpc) is 2.24. The van der Waals surface area contributed by atoms with Crippen molar-refractivity contribution in [3.63, 3.8) is 0 Å². The average molecular weight is 184 g/mol. The van der Waals surface area contributed by atoms with Gasteiger partial charge < -0.3 is 5.11 Å². The van der Waals surface area contributed by atoms with Crippen molar-refractivity contribution in [3.8, 4) is 0 Å². The van der Waals surface area contributed by atoms with Crippen molar-refractivity contribution in [2.45, 2.75) is 40.2 Å². The van der Waals surface area contributed by atoms with Gasteiger partial charge in [0.25, 0.3) is 0 Å². The summed E-state index contributed by atoms with van der Waals surface area (Å²) in [5.74, 6) is 1.26. The molecule has 1 fully saturated rings. The summed E-state index contributed by atoms with van der Waals surface area (Å²) in [6.07, 6.45) is -0.0361. The molecular weight excluding hydrogens is 164 g/mol. The van der Waals surface area contributed by atoms with Gasteiger partial charge in [-0.3, -0.25) is 4.79 Å². The summed E-state index contributed by atoms with van der Waals surface area (Å²) in [6.45, 7) is 8.30. The fourth-order valence-electron chi connectivity index (χ4n) is 2.61. The second-order valence-electron chi connectivity index (χ2n) is 4.83. The van der Waals surface area contributed by atoms with Gasteiger partial charge in [-0.05, 0) is 17.8 Å². The molecule has 0 unspecified atom stereocenters. The summed E-state index contributed by atoms with van der Waals surface area (Å²) in [4.78, 5) is 11.6. The van der Waals surface area contributed by atoms with E-state index in [-0.39, 0.29) is 17.6 Å². The number of aliphatic hydroxyl groups is 1. The Balaban J connectivity index is 2.83. The molecule has 0 saturated heterocycles. The molecule has 0 amide bonds. The third-order valence-corrected chi connectivity index (χ3v) is 3.13. The maximum atomic E-state index is 11.6. The number of aliphatic hydroxyl groups excluding tert-OH is 1. The van der Waals surface area contributed by atoms with Crippen LogP contribution in [-0.2, 0) is 4.79 Å². The summed E-state index contributed by atoms with van der Waals surface area (Å²) < 4.78 is 0. The quantitative estimate of drug-likeness (QED) is 0.711. The second kappa shape index (κ2) is 3.79. The molecule has 0 radical (unpaired) electrons. The van der Waals surface area contributed by atoms with Crippen LogP contribution in [0.25, 0.3) is 0 Å². The van der Waals surface area contributed by atoms with Crippen LogP contribution in [0.5, 0.6) is 0 Å². The zero-order valence-corrected chi connectivity index (χ0v) is 8.95. The minimum atomic E-state index is -0.403. The highest BCUT2D eigenvalue weighted by Crippen LogP contribution is 2.38. The van der Waals surface area contributed by atoms with Crippen LogP contribution in [0.3, 0.4) is 0 Å². The summed E-state index contributed by atoms with van der Waals surface area (Å²) in [7, 11) is 0. The fourth-order valence-corrected chi connectivity index (χ4v) is 2.61. The van der Waals surface area contributed by atoms with Crippen LogP contribution in [0, 0.1) is 23.7 Å². The van der Waals surface area contributed by atoms with E-state index < -0.39 is 6.10 Å². The van der Waals surface area contributed by atoms with E-state index in [4.69, 9.17) is 0 Å². The highest BCUT2D eigenvalue weighted by Gasteiger charge is 2.44. The predicted octanol–water partition coefficient (Wildman–Crippen LogP) is 1.86. The van der Waals surface area contributed by atoms with Gasteiger partial charge in [-0.2, -0.15) is 0 Å². The molecule has 1 rings (SSSR count). The standard InChI is InChI=1S/C11H20O2/c1-6(2)10-8(12)5-9(13)11(10)7(3)4/h6-8,10-12H,5H2,1-4H3/t8-,10+,11+/m1/s1. The fraction of sp³-hybridized carbons (Fsp3) is 0.909. The van der Waals surface area contributed by atoms with Gasteiger partial charge in [0.15, 0.2) is 0 Å². The molecule has 0 aromatic heterocycles. The Labute approximate surface area is 80.3 Å². The maximum absolute atomic E-state index is 11.6. The summed E-state index contributed by atoms with van der Waals surface area (Å²) in [5.41, 5.74) is 0. The predicted molar refractivity (Wildman–Crippen MR) is 52.3 cm³/mol. The highest BCUT2D eigenvalue weighted by atomic mass is 16.3. The minimum absolute atomic E-state index is 0.0787. The number of rotatable bonds is 2. The van der Waals surface area contributed by atoms with E-state index in [0.717, 1.165) is 0 Å². The molecule has 2 heteroatoms. The Morgan fingerprint density at radius 2 is 1.77 bits per heavy atom. The van der Waals surface area contributed by atoms with Crippen LogP contribution in [-0.4, -0.2) is 17.0 Å². The first-order valence-electron chi connectivity index (χ1n) is 5.16. The lowest BCUT2D eigenvalue weighted by molar-refractivity contribution is -0.122. The van der Waals surface area contributed by atoms with Crippen LogP contribution >= 0.6 is 0 Å². The molecular formula is C11H20O2. The molecule has 1 N–H and O–H groups in total. The molecule has 76 valence electrons. The third kappa shape index (κ3) is 1.93. The van der Waals surface area contributed by atoms with E-state index in [1.807, 2.05) is 0 Å². The maximum Gasteiger partial charge on any atom is 0.139 e. The first-order valence-corrected chi connectivity index (χ1v) is 5.16. The van der Waals surface area contributed by atoms with Gasteiger partial charge in [0.2, 0.25) is 0 Å². The van der Waals surface area contributed by atoms with Crippen LogP contribution in [0.2, 0.25) is 0 Å². The van der Waals surface area contributed by atoms with Gasteiger partial charge in [0, 0.05) is 12.3 Å². The van der Waals surface area contributed by atoms with Gasteiger partial charge in [-0.15, -0.1) is 0 Å². The van der Waals surface area contributed by atoms with E-state index in [1.54, 1.807) is 0 Å². The topological polar surface area (TPSA) is 37.3 Å². The van der Waals surface area contributed by atoms with Gasteiger partial charge in [0.05, 0.1) is 6.10 Å². The molecule has 13 heavy (non-hydrogen) atoms. The molecule has 1 saturated carbocycles. The van der Waals surface area contributed by atoms with E-state index in [2.05, 4.69) is 27.7 Å². The van der Waals surface area contributed by atoms with Crippen LogP contribution in [0.4, 0.5) is 0 Å². The molecule has 0 heterocycles. The molecule has 1 aliphatic rings. The van der Waals surface area contributed by atoms with Gasteiger partial charge >= 0.3 is 0 Å². The normalized spacial score (nSPS) is 35.0. The Kier molecular flexibility index (Phi) is 3.12. The van der Waals surface area contributed by atoms with Crippen molar-refractivity contribution in [3.05, 3.63) is 0 Å². The Morgan fingerprint density at radius 3 is 2.08 bits per heavy atom.